The number of nitrogens with one attached hydrogen (secondary N) is 1. The van der Waals surface area contributed by atoms with Crippen molar-refractivity contribution >= 4 is 17.3 Å². The van der Waals surface area contributed by atoms with Gasteiger partial charge in [0.2, 0.25) is 5.91 Å². The molecule has 108 valence electrons. The monoisotopic (exact) mass is 284 g/mol. The van der Waals surface area contributed by atoms with E-state index in [0.29, 0.717) is 11.4 Å². The van der Waals surface area contributed by atoms with Crippen LogP contribution in [0.1, 0.15) is 24.0 Å². The molecule has 0 bridgehead atoms. The smallest absolute Gasteiger partial charge is 0.235 e. The summed E-state index contributed by atoms with van der Waals surface area (Å²) >= 11 is 0. The molecule has 3 rings (SSSR count). The zero-order chi connectivity index (χ0) is 15.0. The first kappa shape index (κ1) is 13.6. The molecule has 0 unspecified atom stereocenters. The molecule has 0 radical (unpaired) electrons. The van der Waals surface area contributed by atoms with Crippen LogP contribution in [-0.2, 0) is 10.2 Å². The van der Waals surface area contributed by atoms with Crippen LogP contribution in [0.3, 0.4) is 0 Å². The minimum atomic E-state index is -0.464. The molecule has 0 atom stereocenters. The number of hydrogen-bond donors (Lipinski definition) is 2. The maximum absolute atomic E-state index is 13.1. The number of anilines is 2. The average molecular weight is 284 g/mol. The van der Waals surface area contributed by atoms with E-state index in [1.807, 2.05) is 24.3 Å². The van der Waals surface area contributed by atoms with E-state index in [4.69, 9.17) is 5.73 Å². The highest BCUT2D eigenvalue weighted by Crippen LogP contribution is 2.49. The minimum absolute atomic E-state index is 0.0398. The highest BCUT2D eigenvalue weighted by Gasteiger charge is 2.51. The van der Waals surface area contributed by atoms with E-state index in [9.17, 15) is 9.18 Å². The van der Waals surface area contributed by atoms with Crippen molar-refractivity contribution in [1.82, 2.24) is 0 Å². The van der Waals surface area contributed by atoms with Gasteiger partial charge in [0.25, 0.3) is 0 Å². The summed E-state index contributed by atoms with van der Waals surface area (Å²) in [6.07, 6.45) is 1.64. The van der Waals surface area contributed by atoms with Gasteiger partial charge >= 0.3 is 0 Å². The predicted molar refractivity (Wildman–Crippen MR) is 81.5 cm³/mol. The molecule has 3 nitrogen and oxygen atoms in total. The Bertz CT molecular complexity index is 690. The highest BCUT2D eigenvalue weighted by atomic mass is 19.1. The third-order valence-corrected chi connectivity index (χ3v) is 4.08. The number of benzene rings is 2. The van der Waals surface area contributed by atoms with Crippen LogP contribution >= 0.6 is 0 Å². The number of aryl methyl sites for hydroxylation is 1. The summed E-state index contributed by atoms with van der Waals surface area (Å²) in [5.41, 5.74) is 8.26. The van der Waals surface area contributed by atoms with Gasteiger partial charge in [-0.15, -0.1) is 0 Å². The van der Waals surface area contributed by atoms with Crippen LogP contribution < -0.4 is 11.1 Å². The van der Waals surface area contributed by atoms with Gasteiger partial charge in [0.15, 0.2) is 0 Å². The van der Waals surface area contributed by atoms with E-state index < -0.39 is 5.41 Å². The normalized spacial score (nSPS) is 15.5. The van der Waals surface area contributed by atoms with Crippen molar-refractivity contribution in [3.8, 4) is 0 Å². The second-order valence-electron chi connectivity index (χ2n) is 5.62. The van der Waals surface area contributed by atoms with Gasteiger partial charge in [0.05, 0.1) is 5.41 Å². The molecule has 2 aromatic carbocycles. The lowest BCUT2D eigenvalue weighted by molar-refractivity contribution is -0.118. The maximum atomic E-state index is 13.1. The second kappa shape index (κ2) is 4.88. The van der Waals surface area contributed by atoms with Crippen molar-refractivity contribution in [3.63, 3.8) is 0 Å². The van der Waals surface area contributed by atoms with Gasteiger partial charge < -0.3 is 11.1 Å². The topological polar surface area (TPSA) is 55.1 Å². The molecule has 1 saturated carbocycles. The molecule has 4 heteroatoms. The Hall–Kier alpha value is -2.36. The van der Waals surface area contributed by atoms with Crippen LogP contribution in [0.2, 0.25) is 0 Å². The Kier molecular flexibility index (Phi) is 3.16. The van der Waals surface area contributed by atoms with Gasteiger partial charge in [-0.3, -0.25) is 4.79 Å². The fourth-order valence-corrected chi connectivity index (χ4v) is 2.58. The van der Waals surface area contributed by atoms with E-state index in [-0.39, 0.29) is 11.7 Å². The molecule has 1 aliphatic rings. The first-order chi connectivity index (χ1) is 10.0. The number of amides is 1. The van der Waals surface area contributed by atoms with E-state index >= 15 is 0 Å². The number of halogens is 1. The van der Waals surface area contributed by atoms with Crippen molar-refractivity contribution in [2.45, 2.75) is 25.2 Å². The summed E-state index contributed by atoms with van der Waals surface area (Å²) in [7, 11) is 0. The molecule has 1 aliphatic carbocycles. The van der Waals surface area contributed by atoms with Gasteiger partial charge in [0, 0.05) is 11.4 Å². The Morgan fingerprint density at radius 1 is 1.19 bits per heavy atom. The summed E-state index contributed by atoms with van der Waals surface area (Å²) in [4.78, 5) is 12.6. The lowest BCUT2D eigenvalue weighted by Crippen LogP contribution is -2.28. The summed E-state index contributed by atoms with van der Waals surface area (Å²) in [6, 6.07) is 11.8. The zero-order valence-electron chi connectivity index (χ0n) is 11.8. The quantitative estimate of drug-likeness (QED) is 0.849. The Labute approximate surface area is 123 Å². The summed E-state index contributed by atoms with van der Waals surface area (Å²) in [5.74, 6) is -0.341. The van der Waals surface area contributed by atoms with E-state index in [1.165, 1.54) is 12.1 Å². The number of carbonyl (C=O) groups excluding carboxylic acids is 1. The van der Waals surface area contributed by atoms with Gasteiger partial charge in [-0.05, 0) is 61.2 Å². The van der Waals surface area contributed by atoms with E-state index in [0.717, 1.165) is 24.0 Å². The van der Waals surface area contributed by atoms with Crippen LogP contribution in [0.25, 0.3) is 0 Å². The minimum Gasteiger partial charge on any atom is -0.399 e. The third-order valence-electron chi connectivity index (χ3n) is 4.08. The molecular formula is C17H17FN2O. The molecule has 21 heavy (non-hydrogen) atoms. The van der Waals surface area contributed by atoms with Crippen molar-refractivity contribution in [2.75, 3.05) is 11.1 Å². The Balaban J connectivity index is 1.83. The van der Waals surface area contributed by atoms with Crippen LogP contribution in [0.5, 0.6) is 0 Å². The number of nitrogen functional groups attached to an aromatic ring is 1. The fourth-order valence-electron chi connectivity index (χ4n) is 2.58. The van der Waals surface area contributed by atoms with Gasteiger partial charge in [-0.25, -0.2) is 4.39 Å². The van der Waals surface area contributed by atoms with Crippen LogP contribution in [-0.4, -0.2) is 5.91 Å². The largest absolute Gasteiger partial charge is 0.399 e. The molecule has 2 aromatic rings. The number of rotatable bonds is 3. The number of hydrogen-bond acceptors (Lipinski definition) is 2. The van der Waals surface area contributed by atoms with Crippen molar-refractivity contribution < 1.29 is 9.18 Å². The van der Waals surface area contributed by atoms with E-state index in [2.05, 4.69) is 5.32 Å². The van der Waals surface area contributed by atoms with Crippen LogP contribution in [0.4, 0.5) is 15.8 Å². The number of carbonyl (C=O) groups is 1. The highest BCUT2D eigenvalue weighted by molar-refractivity contribution is 6.01. The molecule has 3 N–H and O–H groups in total. The lowest BCUT2D eigenvalue weighted by Gasteiger charge is -2.17. The Morgan fingerprint density at radius 2 is 1.86 bits per heavy atom. The van der Waals surface area contributed by atoms with Crippen LogP contribution in [0, 0.1) is 12.7 Å². The lowest BCUT2D eigenvalue weighted by atomic mass is 9.94. The summed E-state index contributed by atoms with van der Waals surface area (Å²) in [5, 5.41) is 2.92. The van der Waals surface area contributed by atoms with Gasteiger partial charge in [0.1, 0.15) is 5.82 Å². The second-order valence-corrected chi connectivity index (χ2v) is 5.62. The first-order valence-corrected chi connectivity index (χ1v) is 6.95. The fraction of sp³-hybridized carbons (Fsp3) is 0.235. The predicted octanol–water partition coefficient (Wildman–Crippen LogP) is 3.39. The SMILES string of the molecule is Cc1cc(F)ccc1NC(=O)C1(c2ccc(N)cc2)CC1. The summed E-state index contributed by atoms with van der Waals surface area (Å²) in [6.45, 7) is 1.78. The molecule has 0 aromatic heterocycles. The first-order valence-electron chi connectivity index (χ1n) is 6.95. The molecule has 0 saturated heterocycles. The molecule has 0 spiro atoms. The molecule has 1 fully saturated rings. The average Bonchev–Trinajstić information content (AvgIpc) is 3.24. The van der Waals surface area contributed by atoms with Crippen molar-refractivity contribution in [1.29, 1.82) is 0 Å². The van der Waals surface area contributed by atoms with Gasteiger partial charge in [-0.1, -0.05) is 12.1 Å². The zero-order valence-corrected chi connectivity index (χ0v) is 11.8. The third kappa shape index (κ3) is 2.49. The van der Waals surface area contributed by atoms with Gasteiger partial charge in [-0.2, -0.15) is 0 Å². The molecule has 1 amide bonds. The van der Waals surface area contributed by atoms with Crippen LogP contribution in [0.15, 0.2) is 42.5 Å². The molecule has 0 aliphatic heterocycles. The molecular weight excluding hydrogens is 267 g/mol. The summed E-state index contributed by atoms with van der Waals surface area (Å²) < 4.78 is 13.1. The maximum Gasteiger partial charge on any atom is 0.235 e. The Morgan fingerprint density at radius 3 is 2.43 bits per heavy atom. The standard InChI is InChI=1S/C17H17FN2O/c1-11-10-13(18)4-7-15(11)20-16(21)17(8-9-17)12-2-5-14(19)6-3-12/h2-7,10H,8-9,19H2,1H3,(H,20,21). The van der Waals surface area contributed by atoms with E-state index in [1.54, 1.807) is 13.0 Å². The molecule has 0 heterocycles. The number of nitrogens with two attached hydrogens (primary N) is 1. The van der Waals surface area contributed by atoms with Crippen molar-refractivity contribution in [3.05, 3.63) is 59.4 Å². The van der Waals surface area contributed by atoms with Crippen molar-refractivity contribution in [2.24, 2.45) is 0 Å².